The molecule has 0 spiro atoms. The topological polar surface area (TPSA) is 33.0 Å². The third-order valence-corrected chi connectivity index (χ3v) is 3.80. The normalized spacial score (nSPS) is 24.3. The van der Waals surface area contributed by atoms with E-state index in [-0.39, 0.29) is 5.41 Å². The zero-order valence-electron chi connectivity index (χ0n) is 10.6. The van der Waals surface area contributed by atoms with Crippen molar-refractivity contribution in [2.45, 2.75) is 38.5 Å². The van der Waals surface area contributed by atoms with Gasteiger partial charge in [0, 0.05) is 12.0 Å². The first-order valence-electron chi connectivity index (χ1n) is 6.35. The number of rotatable bonds is 3. The molecule has 0 saturated heterocycles. The highest BCUT2D eigenvalue weighted by molar-refractivity contribution is 5.45. The Morgan fingerprint density at radius 1 is 1.47 bits per heavy atom. The maximum absolute atomic E-state index is 9.63. The van der Waals surface area contributed by atoms with Crippen LogP contribution in [0.15, 0.2) is 24.3 Å². The zero-order valence-corrected chi connectivity index (χ0v) is 10.6. The van der Waals surface area contributed by atoms with E-state index < -0.39 is 0 Å². The number of para-hydroxylation sites is 1. The van der Waals surface area contributed by atoms with Crippen LogP contribution in [0, 0.1) is 17.2 Å². The van der Waals surface area contributed by atoms with E-state index in [9.17, 15) is 5.26 Å². The van der Waals surface area contributed by atoms with Crippen molar-refractivity contribution in [1.82, 2.24) is 0 Å². The highest BCUT2D eigenvalue weighted by Gasteiger charge is 2.38. The molecule has 2 unspecified atom stereocenters. The third kappa shape index (κ3) is 2.15. The summed E-state index contributed by atoms with van der Waals surface area (Å²) in [5.41, 5.74) is 0.735. The molecule has 2 heteroatoms. The lowest BCUT2D eigenvalue weighted by Gasteiger charge is -2.34. The number of hydrogen-bond acceptors (Lipinski definition) is 2. The van der Waals surface area contributed by atoms with Gasteiger partial charge in [0.1, 0.15) is 5.75 Å². The molecule has 1 aromatic carbocycles. The molecular formula is C15H19NO. The van der Waals surface area contributed by atoms with Crippen LogP contribution in [-0.4, -0.2) is 6.61 Å². The first-order chi connectivity index (χ1) is 8.22. The Bertz CT molecular complexity index is 435. The third-order valence-electron chi connectivity index (χ3n) is 3.80. The Hall–Kier alpha value is -1.49. The van der Waals surface area contributed by atoms with Gasteiger partial charge in [-0.25, -0.2) is 0 Å². The Balaban J connectivity index is 2.40. The van der Waals surface area contributed by atoms with Crippen molar-refractivity contribution < 1.29 is 4.74 Å². The van der Waals surface area contributed by atoms with Crippen LogP contribution in [0.5, 0.6) is 5.75 Å². The minimum atomic E-state index is -0.343. The maximum Gasteiger partial charge on any atom is 0.124 e. The van der Waals surface area contributed by atoms with Crippen molar-refractivity contribution in [3.8, 4) is 11.8 Å². The van der Waals surface area contributed by atoms with Crippen LogP contribution in [0.1, 0.15) is 38.7 Å². The molecule has 0 amide bonds. The van der Waals surface area contributed by atoms with Gasteiger partial charge in [0.25, 0.3) is 0 Å². The second kappa shape index (κ2) is 4.79. The van der Waals surface area contributed by atoms with Gasteiger partial charge in [0.2, 0.25) is 0 Å². The molecule has 1 heterocycles. The Morgan fingerprint density at radius 2 is 2.24 bits per heavy atom. The van der Waals surface area contributed by atoms with Gasteiger partial charge >= 0.3 is 0 Å². The summed E-state index contributed by atoms with van der Waals surface area (Å²) in [5, 5.41) is 9.63. The second-order valence-corrected chi connectivity index (χ2v) is 5.01. The predicted octanol–water partition coefficient (Wildman–Crippen LogP) is 3.67. The first-order valence-corrected chi connectivity index (χ1v) is 6.35. The molecule has 0 fully saturated rings. The number of fused-ring (bicyclic) bond motifs is 1. The maximum atomic E-state index is 9.63. The highest BCUT2D eigenvalue weighted by atomic mass is 16.5. The number of nitrogens with zero attached hydrogens (tertiary/aromatic N) is 1. The van der Waals surface area contributed by atoms with E-state index >= 15 is 0 Å². The Labute approximate surface area is 103 Å². The van der Waals surface area contributed by atoms with Gasteiger partial charge in [-0.3, -0.25) is 0 Å². The van der Waals surface area contributed by atoms with Crippen LogP contribution in [0.25, 0.3) is 0 Å². The summed E-state index contributed by atoms with van der Waals surface area (Å²) >= 11 is 0. The fourth-order valence-electron chi connectivity index (χ4n) is 2.57. The summed E-state index contributed by atoms with van der Waals surface area (Å²) < 4.78 is 5.64. The van der Waals surface area contributed by atoms with Crippen molar-refractivity contribution in [1.29, 1.82) is 5.26 Å². The van der Waals surface area contributed by atoms with Crippen molar-refractivity contribution in [3.63, 3.8) is 0 Å². The minimum absolute atomic E-state index is 0.343. The number of benzene rings is 1. The Morgan fingerprint density at radius 3 is 2.94 bits per heavy atom. The molecule has 17 heavy (non-hydrogen) atoms. The smallest absolute Gasteiger partial charge is 0.124 e. The summed E-state index contributed by atoms with van der Waals surface area (Å²) in [6, 6.07) is 10.5. The molecule has 1 aromatic rings. The number of hydrogen-bond donors (Lipinski definition) is 0. The van der Waals surface area contributed by atoms with Crippen molar-refractivity contribution >= 4 is 0 Å². The number of nitriles is 1. The van der Waals surface area contributed by atoms with Gasteiger partial charge in [-0.2, -0.15) is 5.26 Å². The van der Waals surface area contributed by atoms with E-state index in [4.69, 9.17) is 4.74 Å². The molecule has 2 atom stereocenters. The summed E-state index contributed by atoms with van der Waals surface area (Å²) in [6.45, 7) is 5.05. The van der Waals surface area contributed by atoms with E-state index in [1.165, 1.54) is 0 Å². The van der Waals surface area contributed by atoms with Gasteiger partial charge in [-0.05, 0) is 18.4 Å². The average Bonchev–Trinajstić information content (AvgIpc) is 2.39. The van der Waals surface area contributed by atoms with Crippen LogP contribution >= 0.6 is 0 Å². The molecule has 2 rings (SSSR count). The molecule has 0 aliphatic carbocycles. The van der Waals surface area contributed by atoms with E-state index in [1.807, 2.05) is 24.3 Å². The van der Waals surface area contributed by atoms with Crippen LogP contribution < -0.4 is 4.74 Å². The lowest BCUT2D eigenvalue weighted by atomic mass is 9.71. The molecule has 0 bridgehead atoms. The molecule has 0 radical (unpaired) electrons. The minimum Gasteiger partial charge on any atom is -0.493 e. The van der Waals surface area contributed by atoms with Gasteiger partial charge < -0.3 is 4.74 Å². The summed E-state index contributed by atoms with van der Waals surface area (Å²) in [6.07, 6.45) is 2.86. The highest BCUT2D eigenvalue weighted by Crippen LogP contribution is 2.42. The molecule has 90 valence electrons. The van der Waals surface area contributed by atoms with E-state index in [2.05, 4.69) is 19.9 Å². The standard InChI is InChI=1S/C15H19NO/c1-3-12(2)10-15(11-16)8-9-17-14-7-5-4-6-13(14)15/h4-7,12H,3,8-10H2,1-2H3. The van der Waals surface area contributed by atoms with Gasteiger partial charge in [0.05, 0.1) is 18.1 Å². The zero-order chi connectivity index (χ0) is 12.3. The largest absolute Gasteiger partial charge is 0.493 e. The summed E-state index contributed by atoms with van der Waals surface area (Å²) in [4.78, 5) is 0. The van der Waals surface area contributed by atoms with Crippen molar-refractivity contribution in [2.75, 3.05) is 6.61 Å². The molecule has 1 aliphatic rings. The van der Waals surface area contributed by atoms with Gasteiger partial charge in [0.15, 0.2) is 0 Å². The van der Waals surface area contributed by atoms with Crippen LogP contribution in [0.3, 0.4) is 0 Å². The Kier molecular flexibility index (Phi) is 3.38. The van der Waals surface area contributed by atoms with Gasteiger partial charge in [-0.15, -0.1) is 0 Å². The van der Waals surface area contributed by atoms with Crippen molar-refractivity contribution in [3.05, 3.63) is 29.8 Å². The lowest BCUT2D eigenvalue weighted by molar-refractivity contribution is 0.221. The summed E-state index contributed by atoms with van der Waals surface area (Å²) in [5.74, 6) is 1.46. The predicted molar refractivity (Wildman–Crippen MR) is 67.9 cm³/mol. The molecule has 0 N–H and O–H groups in total. The van der Waals surface area contributed by atoms with E-state index in [1.54, 1.807) is 0 Å². The van der Waals surface area contributed by atoms with Crippen molar-refractivity contribution in [2.24, 2.45) is 5.92 Å². The summed E-state index contributed by atoms with van der Waals surface area (Å²) in [7, 11) is 0. The quantitative estimate of drug-likeness (QED) is 0.792. The van der Waals surface area contributed by atoms with E-state index in [0.717, 1.165) is 30.6 Å². The van der Waals surface area contributed by atoms with E-state index in [0.29, 0.717) is 12.5 Å². The van der Waals surface area contributed by atoms with Gasteiger partial charge in [-0.1, -0.05) is 38.5 Å². The van der Waals surface area contributed by atoms with Crippen LogP contribution in [0.4, 0.5) is 0 Å². The fraction of sp³-hybridized carbons (Fsp3) is 0.533. The second-order valence-electron chi connectivity index (χ2n) is 5.01. The molecule has 0 saturated carbocycles. The molecule has 1 aliphatic heterocycles. The first kappa shape index (κ1) is 12.0. The average molecular weight is 229 g/mol. The van der Waals surface area contributed by atoms with Crippen LogP contribution in [-0.2, 0) is 5.41 Å². The van der Waals surface area contributed by atoms with Crippen LogP contribution in [0.2, 0.25) is 0 Å². The number of ether oxygens (including phenoxy) is 1. The SMILES string of the molecule is CCC(C)CC1(C#N)CCOc2ccccc21. The monoisotopic (exact) mass is 229 g/mol. The molecule has 2 nitrogen and oxygen atoms in total. The fourth-order valence-corrected chi connectivity index (χ4v) is 2.57. The lowest BCUT2D eigenvalue weighted by Crippen LogP contribution is -2.33. The molecular weight excluding hydrogens is 210 g/mol. The molecule has 0 aromatic heterocycles.